The molecule has 2 nitrogen and oxygen atoms in total. The predicted octanol–water partition coefficient (Wildman–Crippen LogP) is 5.00. The van der Waals surface area contributed by atoms with Crippen LogP contribution in [0.15, 0.2) is 51.4 Å². The number of fused-ring (bicyclic) bond motifs is 1. The highest BCUT2D eigenvalue weighted by Gasteiger charge is 2.29. The van der Waals surface area contributed by atoms with E-state index in [1.54, 1.807) is 0 Å². The first kappa shape index (κ1) is 14.1. The maximum atomic E-state index is 6.20. The number of hydrogen-bond donors (Lipinski definition) is 1. The summed E-state index contributed by atoms with van der Waals surface area (Å²) in [5.74, 6) is 0.958. The van der Waals surface area contributed by atoms with Crippen LogP contribution in [0.25, 0.3) is 0 Å². The van der Waals surface area contributed by atoms with E-state index in [0.717, 1.165) is 21.1 Å². The third-order valence-electron chi connectivity index (χ3n) is 3.67. The molecule has 0 bridgehead atoms. The van der Waals surface area contributed by atoms with E-state index in [2.05, 4.69) is 61.4 Å². The Balaban J connectivity index is 1.99. The van der Waals surface area contributed by atoms with Crippen LogP contribution in [0.1, 0.15) is 29.7 Å². The smallest absolute Gasteiger partial charge is 0.127 e. The van der Waals surface area contributed by atoms with Gasteiger partial charge in [0, 0.05) is 32.5 Å². The third kappa shape index (κ3) is 2.65. The second kappa shape index (κ2) is 5.88. The van der Waals surface area contributed by atoms with E-state index in [9.17, 15) is 0 Å². The molecule has 0 aromatic heterocycles. The van der Waals surface area contributed by atoms with Gasteiger partial charge in [0.15, 0.2) is 0 Å². The maximum absolute atomic E-state index is 6.20. The average Bonchev–Trinajstić information content (AvgIpc) is 2.46. The van der Waals surface area contributed by atoms with Gasteiger partial charge in [0.25, 0.3) is 0 Å². The Bertz CT molecular complexity index is 630. The second-order valence-electron chi connectivity index (χ2n) is 4.89. The third-order valence-corrected chi connectivity index (χ3v) is 4.88. The molecule has 0 fully saturated rings. The molecule has 0 saturated carbocycles. The van der Waals surface area contributed by atoms with Crippen molar-refractivity contribution >= 4 is 31.9 Å². The van der Waals surface area contributed by atoms with Gasteiger partial charge in [-0.1, -0.05) is 50.1 Å². The number of hydrogen-bond acceptors (Lipinski definition) is 2. The summed E-state index contributed by atoms with van der Waals surface area (Å²) >= 11 is 7.15. The fraction of sp³-hybridized carbons (Fsp3) is 0.250. The number of nitrogens with one attached hydrogen (secondary N) is 1. The highest BCUT2D eigenvalue weighted by Crippen LogP contribution is 2.43. The summed E-state index contributed by atoms with van der Waals surface area (Å²) in [6.07, 6.45) is 0.986. The Labute approximate surface area is 135 Å². The fourth-order valence-electron chi connectivity index (χ4n) is 2.64. The molecule has 1 aliphatic heterocycles. The molecule has 4 heteroatoms. The monoisotopic (exact) mass is 395 g/mol. The molecule has 20 heavy (non-hydrogen) atoms. The minimum Gasteiger partial charge on any atom is -0.485 e. The van der Waals surface area contributed by atoms with Crippen LogP contribution in [0.3, 0.4) is 0 Å². The summed E-state index contributed by atoms with van der Waals surface area (Å²) < 4.78 is 8.38. The lowest BCUT2D eigenvalue weighted by atomic mass is 9.93. The molecule has 0 radical (unpaired) electrons. The number of benzene rings is 2. The largest absolute Gasteiger partial charge is 0.485 e. The van der Waals surface area contributed by atoms with Crippen LogP contribution in [0, 0.1) is 0 Å². The van der Waals surface area contributed by atoms with Gasteiger partial charge in [-0.15, -0.1) is 0 Å². The lowest BCUT2D eigenvalue weighted by Crippen LogP contribution is -2.26. The van der Waals surface area contributed by atoms with E-state index in [4.69, 9.17) is 4.74 Å². The van der Waals surface area contributed by atoms with Gasteiger partial charge in [-0.3, -0.25) is 0 Å². The Hall–Kier alpha value is -0.840. The van der Waals surface area contributed by atoms with Gasteiger partial charge < -0.3 is 10.1 Å². The lowest BCUT2D eigenvalue weighted by molar-refractivity contribution is 0.153. The van der Waals surface area contributed by atoms with E-state index in [-0.39, 0.29) is 6.10 Å². The summed E-state index contributed by atoms with van der Waals surface area (Å²) in [7, 11) is 2.00. The van der Waals surface area contributed by atoms with E-state index < -0.39 is 0 Å². The first-order valence-corrected chi connectivity index (χ1v) is 8.15. The van der Waals surface area contributed by atoms with Crippen molar-refractivity contribution in [1.82, 2.24) is 5.32 Å². The highest BCUT2D eigenvalue weighted by atomic mass is 79.9. The number of halogens is 2. The Morgan fingerprint density at radius 1 is 1.10 bits per heavy atom. The maximum Gasteiger partial charge on any atom is 0.127 e. The van der Waals surface area contributed by atoms with Crippen LogP contribution < -0.4 is 10.1 Å². The van der Waals surface area contributed by atoms with Crippen molar-refractivity contribution in [2.45, 2.75) is 18.6 Å². The van der Waals surface area contributed by atoms with Crippen molar-refractivity contribution < 1.29 is 4.74 Å². The Morgan fingerprint density at radius 2 is 1.90 bits per heavy atom. The minimum atomic E-state index is 0.0664. The van der Waals surface area contributed by atoms with Gasteiger partial charge in [-0.05, 0) is 31.3 Å². The van der Waals surface area contributed by atoms with Crippen LogP contribution in [0.5, 0.6) is 5.75 Å². The lowest BCUT2D eigenvalue weighted by Gasteiger charge is -2.33. The molecule has 0 saturated heterocycles. The predicted molar refractivity (Wildman–Crippen MR) is 88.1 cm³/mol. The van der Waals surface area contributed by atoms with Gasteiger partial charge in [0.1, 0.15) is 11.9 Å². The number of rotatable bonds is 2. The summed E-state index contributed by atoms with van der Waals surface area (Å²) in [4.78, 5) is 0. The van der Waals surface area contributed by atoms with Gasteiger partial charge in [-0.2, -0.15) is 0 Å². The molecule has 2 aromatic carbocycles. The molecular formula is C16H15Br2NO. The van der Waals surface area contributed by atoms with Gasteiger partial charge in [-0.25, -0.2) is 0 Å². The molecule has 104 valence electrons. The normalized spacial score (nSPS) is 21.1. The summed E-state index contributed by atoms with van der Waals surface area (Å²) in [5, 5.41) is 3.39. The first-order chi connectivity index (χ1) is 9.69. The quantitative estimate of drug-likeness (QED) is 0.771. The van der Waals surface area contributed by atoms with Gasteiger partial charge >= 0.3 is 0 Å². The van der Waals surface area contributed by atoms with Crippen molar-refractivity contribution in [1.29, 1.82) is 0 Å². The molecule has 1 aliphatic rings. The highest BCUT2D eigenvalue weighted by molar-refractivity contribution is 9.10. The van der Waals surface area contributed by atoms with Crippen LogP contribution >= 0.6 is 31.9 Å². The van der Waals surface area contributed by atoms with Crippen molar-refractivity contribution in [3.63, 3.8) is 0 Å². The average molecular weight is 397 g/mol. The molecule has 2 aromatic rings. The zero-order chi connectivity index (χ0) is 14.1. The van der Waals surface area contributed by atoms with E-state index in [1.165, 1.54) is 11.1 Å². The van der Waals surface area contributed by atoms with E-state index in [1.807, 2.05) is 25.2 Å². The molecule has 2 atom stereocenters. The molecule has 0 aliphatic carbocycles. The molecule has 0 spiro atoms. The van der Waals surface area contributed by atoms with Crippen LogP contribution in [0.2, 0.25) is 0 Å². The van der Waals surface area contributed by atoms with E-state index >= 15 is 0 Å². The minimum absolute atomic E-state index is 0.0664. The summed E-state index contributed by atoms with van der Waals surface area (Å²) in [6, 6.07) is 14.7. The summed E-state index contributed by atoms with van der Waals surface area (Å²) in [5.41, 5.74) is 2.41. The molecule has 2 unspecified atom stereocenters. The van der Waals surface area contributed by atoms with Crippen molar-refractivity contribution in [3.05, 3.63) is 62.5 Å². The summed E-state index contributed by atoms with van der Waals surface area (Å²) in [6.45, 7) is 0. The second-order valence-corrected chi connectivity index (χ2v) is 6.66. The van der Waals surface area contributed by atoms with Crippen molar-refractivity contribution in [2.24, 2.45) is 0 Å². The fourth-order valence-corrected chi connectivity index (χ4v) is 3.56. The SMILES string of the molecule is CNC1CC(c2ccccc2Br)Oc2ccc(Br)cc21. The van der Waals surface area contributed by atoms with Crippen LogP contribution in [-0.4, -0.2) is 7.05 Å². The molecule has 1 heterocycles. The van der Waals surface area contributed by atoms with Gasteiger partial charge in [0.05, 0.1) is 0 Å². The Kier molecular flexibility index (Phi) is 4.15. The Morgan fingerprint density at radius 3 is 2.65 bits per heavy atom. The first-order valence-electron chi connectivity index (χ1n) is 6.57. The molecule has 0 amide bonds. The number of ether oxygens (including phenoxy) is 1. The van der Waals surface area contributed by atoms with Crippen molar-refractivity contribution in [3.8, 4) is 5.75 Å². The standard InChI is InChI=1S/C16H15Br2NO/c1-19-14-9-16(11-4-2-3-5-13(11)18)20-15-7-6-10(17)8-12(14)15/h2-8,14,16,19H,9H2,1H3. The zero-order valence-electron chi connectivity index (χ0n) is 11.1. The molecular weight excluding hydrogens is 382 g/mol. The molecule has 3 rings (SSSR count). The van der Waals surface area contributed by atoms with Crippen LogP contribution in [0.4, 0.5) is 0 Å². The zero-order valence-corrected chi connectivity index (χ0v) is 14.2. The van der Waals surface area contributed by atoms with Crippen molar-refractivity contribution in [2.75, 3.05) is 7.05 Å². The molecule has 1 N–H and O–H groups in total. The van der Waals surface area contributed by atoms with E-state index in [0.29, 0.717) is 6.04 Å². The topological polar surface area (TPSA) is 21.3 Å². The van der Waals surface area contributed by atoms with Crippen LogP contribution in [-0.2, 0) is 0 Å². The van der Waals surface area contributed by atoms with Gasteiger partial charge in [0.2, 0.25) is 0 Å².